The lowest BCUT2D eigenvalue weighted by molar-refractivity contribution is -0.194. The Kier molecular flexibility index (Phi) is 7.93. The van der Waals surface area contributed by atoms with Crippen LogP contribution in [0.5, 0.6) is 0 Å². The second kappa shape index (κ2) is 10.8. The molecule has 0 radical (unpaired) electrons. The Hall–Kier alpha value is -2.93. The van der Waals surface area contributed by atoms with Crippen molar-refractivity contribution in [1.82, 2.24) is 15.5 Å². The summed E-state index contributed by atoms with van der Waals surface area (Å²) < 4.78 is 29.9. The molecular formula is C26H32ClF2N5O3. The molecule has 5 rings (SSSR count). The van der Waals surface area contributed by atoms with E-state index < -0.39 is 60.2 Å². The molecule has 0 aromatic heterocycles. The monoisotopic (exact) mass is 535 g/mol. The lowest BCUT2D eigenvalue weighted by atomic mass is 9.71. The van der Waals surface area contributed by atoms with E-state index in [9.17, 15) is 28.4 Å². The Bertz CT molecular complexity index is 1110. The van der Waals surface area contributed by atoms with E-state index >= 15 is 0 Å². The average Bonchev–Trinajstić information content (AvgIpc) is 2.86. The molecule has 3 heterocycles. The molecule has 1 aromatic rings. The first kappa shape index (κ1) is 27.1. The van der Waals surface area contributed by atoms with E-state index in [1.807, 2.05) is 6.07 Å². The maximum Gasteiger partial charge on any atom is 0.255 e. The number of alkyl halides is 2. The van der Waals surface area contributed by atoms with Gasteiger partial charge in [-0.15, -0.1) is 0 Å². The summed E-state index contributed by atoms with van der Waals surface area (Å²) in [6.45, 7) is 3.99. The van der Waals surface area contributed by atoms with Gasteiger partial charge in [0.2, 0.25) is 17.7 Å². The van der Waals surface area contributed by atoms with Crippen LogP contribution in [-0.4, -0.2) is 59.3 Å². The molecule has 1 saturated carbocycles. The van der Waals surface area contributed by atoms with Crippen molar-refractivity contribution >= 4 is 35.0 Å². The molecule has 6 atom stereocenters. The van der Waals surface area contributed by atoms with Gasteiger partial charge in [-0.05, 0) is 63.6 Å². The highest BCUT2D eigenvalue weighted by Crippen LogP contribution is 2.49. The predicted octanol–water partition coefficient (Wildman–Crippen LogP) is 3.39. The summed E-state index contributed by atoms with van der Waals surface area (Å²) in [6, 6.07) is 3.18. The minimum Gasteiger partial charge on any atom is -0.374 e. The van der Waals surface area contributed by atoms with Gasteiger partial charge in [-0.1, -0.05) is 17.7 Å². The Morgan fingerprint density at radius 3 is 2.76 bits per heavy atom. The van der Waals surface area contributed by atoms with E-state index in [2.05, 4.69) is 16.0 Å². The summed E-state index contributed by atoms with van der Waals surface area (Å²) in [5.74, 6) is -6.32. The molecule has 1 aliphatic carbocycles. The third-order valence-electron chi connectivity index (χ3n) is 7.86. The van der Waals surface area contributed by atoms with Gasteiger partial charge in [-0.25, -0.2) is 8.78 Å². The summed E-state index contributed by atoms with van der Waals surface area (Å²) in [7, 11) is 0. The van der Waals surface area contributed by atoms with E-state index in [0.29, 0.717) is 30.1 Å². The summed E-state index contributed by atoms with van der Waals surface area (Å²) in [5, 5.41) is 18.6. The molecule has 1 aromatic carbocycles. The number of halogens is 3. The minimum atomic E-state index is -3.10. The van der Waals surface area contributed by atoms with Gasteiger partial charge in [0, 0.05) is 35.6 Å². The maximum absolute atomic E-state index is 15.0. The van der Waals surface area contributed by atoms with Crippen molar-refractivity contribution in [1.29, 1.82) is 5.26 Å². The summed E-state index contributed by atoms with van der Waals surface area (Å²) in [4.78, 5) is 40.5. The smallest absolute Gasteiger partial charge is 0.255 e. The summed E-state index contributed by atoms with van der Waals surface area (Å²) in [6.07, 6.45) is 1.42. The number of carbonyl (C=O) groups is 3. The molecule has 2 bridgehead atoms. The molecule has 200 valence electrons. The summed E-state index contributed by atoms with van der Waals surface area (Å²) >= 11 is 6.19. The van der Waals surface area contributed by atoms with Gasteiger partial charge >= 0.3 is 0 Å². The van der Waals surface area contributed by atoms with E-state index in [4.69, 9.17) is 11.6 Å². The third kappa shape index (κ3) is 5.52. The number of hydrogen-bond donors (Lipinski definition) is 3. The predicted molar refractivity (Wildman–Crippen MR) is 134 cm³/mol. The molecular weight excluding hydrogens is 504 g/mol. The number of piperidine rings is 3. The van der Waals surface area contributed by atoms with Crippen LogP contribution in [0.15, 0.2) is 18.2 Å². The third-order valence-corrected chi connectivity index (χ3v) is 8.27. The standard InChI is InChI=1S/C26H32ClF2N5O3/c1-14-20(27)6-3-7-21(14)32-15(2)25(37)34-18-8-9-19(26(28,29)12-18)22(34)24(36)33-17(13-30)11-16-5-4-10-31-23(16)35/h3,6-7,15-19,22,32H,4-5,8-12H2,1-2H3,(H,31,35)(H,33,36)/t15-,16-,17+,18-,19-,22-/m1/s1. The van der Waals surface area contributed by atoms with Crippen molar-refractivity contribution in [3.05, 3.63) is 28.8 Å². The van der Waals surface area contributed by atoms with Gasteiger partial charge in [0.25, 0.3) is 5.92 Å². The number of rotatable bonds is 7. The van der Waals surface area contributed by atoms with Crippen molar-refractivity contribution in [2.75, 3.05) is 11.9 Å². The zero-order valence-corrected chi connectivity index (χ0v) is 21.7. The van der Waals surface area contributed by atoms with Crippen LogP contribution >= 0.6 is 11.6 Å². The van der Waals surface area contributed by atoms with Gasteiger partial charge in [0.05, 0.1) is 12.0 Å². The van der Waals surface area contributed by atoms with Crippen LogP contribution < -0.4 is 16.0 Å². The Morgan fingerprint density at radius 2 is 2.08 bits per heavy atom. The molecule has 8 nitrogen and oxygen atoms in total. The number of nitrogens with zero attached hydrogens (tertiary/aromatic N) is 2. The normalized spacial score (nSPS) is 28.0. The highest BCUT2D eigenvalue weighted by molar-refractivity contribution is 6.31. The number of fused-ring (bicyclic) bond motifs is 3. The van der Waals surface area contributed by atoms with Gasteiger partial charge in [0.1, 0.15) is 18.1 Å². The van der Waals surface area contributed by atoms with E-state index in [1.165, 1.54) is 4.90 Å². The molecule has 3 amide bonds. The van der Waals surface area contributed by atoms with Gasteiger partial charge in [-0.3, -0.25) is 14.4 Å². The Labute approximate surface area is 220 Å². The average molecular weight is 536 g/mol. The van der Waals surface area contributed by atoms with E-state index in [-0.39, 0.29) is 18.7 Å². The fraction of sp³-hybridized carbons (Fsp3) is 0.615. The SMILES string of the molecule is Cc1c(Cl)cccc1N[C@H](C)C(=O)N1[C@@H]2CC[C@H]([C@@H]1C(=O)N[C@H](C#N)C[C@H]1CCCNC1=O)C(F)(F)C2. The largest absolute Gasteiger partial charge is 0.374 e. The maximum atomic E-state index is 15.0. The number of carbonyl (C=O) groups excluding carboxylic acids is 3. The number of hydrogen-bond acceptors (Lipinski definition) is 5. The van der Waals surface area contributed by atoms with Crippen LogP contribution in [0.4, 0.5) is 14.5 Å². The van der Waals surface area contributed by atoms with E-state index in [0.717, 1.165) is 12.0 Å². The number of anilines is 1. The van der Waals surface area contributed by atoms with Crippen LogP contribution in [0, 0.1) is 30.1 Å². The second-order valence-electron chi connectivity index (χ2n) is 10.3. The van der Waals surface area contributed by atoms with E-state index in [1.54, 1.807) is 32.0 Å². The fourth-order valence-electron chi connectivity index (χ4n) is 5.85. The van der Waals surface area contributed by atoms with Crippen molar-refractivity contribution in [3.63, 3.8) is 0 Å². The number of nitriles is 1. The first-order chi connectivity index (χ1) is 17.5. The molecule has 3 N–H and O–H groups in total. The van der Waals surface area contributed by atoms with Crippen molar-refractivity contribution < 1.29 is 23.2 Å². The molecule has 4 fully saturated rings. The molecule has 37 heavy (non-hydrogen) atoms. The van der Waals surface area contributed by atoms with Crippen LogP contribution in [0.25, 0.3) is 0 Å². The van der Waals surface area contributed by atoms with Crippen LogP contribution in [0.1, 0.15) is 51.0 Å². The number of benzene rings is 1. The molecule has 4 aliphatic rings. The van der Waals surface area contributed by atoms with Crippen molar-refractivity contribution in [3.8, 4) is 6.07 Å². The summed E-state index contributed by atoms with van der Waals surface area (Å²) in [5.41, 5.74) is 1.38. The minimum absolute atomic E-state index is 0.0885. The van der Waals surface area contributed by atoms with Gasteiger partial charge in [0.15, 0.2) is 0 Å². The molecule has 0 unspecified atom stereocenters. The number of amides is 3. The first-order valence-corrected chi connectivity index (χ1v) is 13.1. The fourth-order valence-corrected chi connectivity index (χ4v) is 6.03. The molecule has 3 aliphatic heterocycles. The topological polar surface area (TPSA) is 114 Å². The zero-order valence-electron chi connectivity index (χ0n) is 20.9. The zero-order chi connectivity index (χ0) is 26.9. The van der Waals surface area contributed by atoms with Gasteiger partial charge in [-0.2, -0.15) is 5.26 Å². The highest BCUT2D eigenvalue weighted by Gasteiger charge is 2.60. The molecule has 3 saturated heterocycles. The Balaban J connectivity index is 1.54. The quantitative estimate of drug-likeness (QED) is 0.495. The lowest BCUT2D eigenvalue weighted by Gasteiger charge is -2.54. The van der Waals surface area contributed by atoms with Crippen LogP contribution in [-0.2, 0) is 14.4 Å². The first-order valence-electron chi connectivity index (χ1n) is 12.7. The van der Waals surface area contributed by atoms with Crippen LogP contribution in [0.2, 0.25) is 5.02 Å². The molecule has 0 spiro atoms. The van der Waals surface area contributed by atoms with Crippen LogP contribution in [0.3, 0.4) is 0 Å². The van der Waals surface area contributed by atoms with Crippen molar-refractivity contribution in [2.24, 2.45) is 11.8 Å². The van der Waals surface area contributed by atoms with Crippen molar-refractivity contribution in [2.45, 2.75) is 82.5 Å². The van der Waals surface area contributed by atoms with Gasteiger partial charge < -0.3 is 20.9 Å². The highest BCUT2D eigenvalue weighted by atomic mass is 35.5. The Morgan fingerprint density at radius 1 is 1.32 bits per heavy atom. The second-order valence-corrected chi connectivity index (χ2v) is 10.7. The lowest BCUT2D eigenvalue weighted by Crippen LogP contribution is -2.70. The molecule has 11 heteroatoms. The number of nitrogens with one attached hydrogen (secondary N) is 3.